The third kappa shape index (κ3) is 2.30. The highest BCUT2D eigenvalue weighted by Crippen LogP contribution is 2.53. The van der Waals surface area contributed by atoms with E-state index in [1.54, 1.807) is 0 Å². The Balaban J connectivity index is 1.63. The molecule has 0 aromatic rings. The summed E-state index contributed by atoms with van der Waals surface area (Å²) in [6, 6.07) is -0.0438. The fourth-order valence-electron chi connectivity index (χ4n) is 4.30. The summed E-state index contributed by atoms with van der Waals surface area (Å²) in [6.45, 7) is 10.7. The molecule has 3 nitrogen and oxygen atoms in total. The van der Waals surface area contributed by atoms with Gasteiger partial charge in [-0.1, -0.05) is 20.8 Å². The highest BCUT2D eigenvalue weighted by molar-refractivity contribution is 5.13. The molecule has 0 amide bonds. The number of fused-ring (bicyclic) bond motifs is 1. The van der Waals surface area contributed by atoms with Gasteiger partial charge in [0.2, 0.25) is 0 Å². The fourth-order valence-corrected chi connectivity index (χ4v) is 4.30. The van der Waals surface area contributed by atoms with E-state index in [0.717, 1.165) is 32.8 Å². The minimum absolute atomic E-state index is 0.0417. The minimum atomic E-state index is -0.743. The molecule has 0 N–H and O–H groups in total. The van der Waals surface area contributed by atoms with Crippen molar-refractivity contribution >= 4 is 0 Å². The van der Waals surface area contributed by atoms with Crippen LogP contribution in [-0.2, 0) is 9.47 Å². The van der Waals surface area contributed by atoms with Crippen LogP contribution in [0.4, 0.5) is 4.39 Å². The molecule has 3 aliphatic rings. The second kappa shape index (κ2) is 5.22. The van der Waals surface area contributed by atoms with E-state index in [1.807, 2.05) is 0 Å². The third-order valence-corrected chi connectivity index (χ3v) is 5.64. The molecule has 0 aliphatic carbocycles. The molecule has 20 heavy (non-hydrogen) atoms. The van der Waals surface area contributed by atoms with E-state index in [0.29, 0.717) is 18.9 Å². The maximum atomic E-state index is 14.6. The molecule has 3 saturated heterocycles. The summed E-state index contributed by atoms with van der Waals surface area (Å²) >= 11 is 0. The standard InChI is InChI=1S/C16H28FNO2/c1-15(2,3)16-5-4-6-18(16)14(13(17)7-16)11-20-10-12-8-19-9-12/h12-14H,4-11H2,1-3H3. The topological polar surface area (TPSA) is 21.7 Å². The van der Waals surface area contributed by atoms with Crippen molar-refractivity contribution in [3.8, 4) is 0 Å². The molecule has 3 rings (SSSR count). The van der Waals surface area contributed by atoms with E-state index >= 15 is 0 Å². The number of hydrogen-bond acceptors (Lipinski definition) is 3. The van der Waals surface area contributed by atoms with Crippen LogP contribution in [0, 0.1) is 11.3 Å². The molecule has 116 valence electrons. The van der Waals surface area contributed by atoms with Gasteiger partial charge in [-0.25, -0.2) is 4.39 Å². The van der Waals surface area contributed by atoms with Crippen molar-refractivity contribution < 1.29 is 13.9 Å². The average molecular weight is 285 g/mol. The lowest BCUT2D eigenvalue weighted by Crippen LogP contribution is -2.52. The van der Waals surface area contributed by atoms with Gasteiger partial charge in [-0.3, -0.25) is 4.90 Å². The van der Waals surface area contributed by atoms with Gasteiger partial charge < -0.3 is 9.47 Å². The number of halogens is 1. The van der Waals surface area contributed by atoms with Crippen LogP contribution in [0.2, 0.25) is 0 Å². The van der Waals surface area contributed by atoms with Gasteiger partial charge in [-0.05, 0) is 31.2 Å². The molecule has 4 heteroatoms. The first-order valence-corrected chi connectivity index (χ1v) is 8.00. The summed E-state index contributed by atoms with van der Waals surface area (Å²) in [4.78, 5) is 2.43. The van der Waals surface area contributed by atoms with E-state index in [1.165, 1.54) is 6.42 Å². The van der Waals surface area contributed by atoms with Crippen LogP contribution < -0.4 is 0 Å². The second-order valence-electron chi connectivity index (χ2n) is 7.81. The summed E-state index contributed by atoms with van der Waals surface area (Å²) in [7, 11) is 0. The number of ether oxygens (including phenoxy) is 2. The van der Waals surface area contributed by atoms with Crippen LogP contribution in [0.3, 0.4) is 0 Å². The van der Waals surface area contributed by atoms with Crippen LogP contribution in [0.1, 0.15) is 40.0 Å². The first kappa shape index (κ1) is 14.7. The van der Waals surface area contributed by atoms with Gasteiger partial charge in [-0.2, -0.15) is 0 Å². The molecule has 0 saturated carbocycles. The predicted octanol–water partition coefficient (Wildman–Crippen LogP) is 2.64. The average Bonchev–Trinajstić information content (AvgIpc) is 2.80. The summed E-state index contributed by atoms with van der Waals surface area (Å²) < 4.78 is 25.5. The van der Waals surface area contributed by atoms with Crippen molar-refractivity contribution in [2.24, 2.45) is 11.3 Å². The van der Waals surface area contributed by atoms with Gasteiger partial charge in [0.15, 0.2) is 0 Å². The van der Waals surface area contributed by atoms with E-state index < -0.39 is 6.17 Å². The molecule has 0 spiro atoms. The van der Waals surface area contributed by atoms with Gasteiger partial charge in [0.05, 0.1) is 32.5 Å². The Morgan fingerprint density at radius 2 is 2.05 bits per heavy atom. The zero-order chi connectivity index (χ0) is 14.4. The Morgan fingerprint density at radius 1 is 1.30 bits per heavy atom. The maximum absolute atomic E-state index is 14.6. The van der Waals surface area contributed by atoms with Gasteiger partial charge in [0.1, 0.15) is 6.17 Å². The lowest BCUT2D eigenvalue weighted by atomic mass is 9.71. The lowest BCUT2D eigenvalue weighted by molar-refractivity contribution is -0.0815. The van der Waals surface area contributed by atoms with Gasteiger partial charge in [-0.15, -0.1) is 0 Å². The van der Waals surface area contributed by atoms with Crippen LogP contribution in [0.25, 0.3) is 0 Å². The first-order chi connectivity index (χ1) is 9.44. The van der Waals surface area contributed by atoms with Crippen LogP contribution in [0.15, 0.2) is 0 Å². The van der Waals surface area contributed by atoms with Crippen molar-refractivity contribution in [2.45, 2.75) is 57.8 Å². The summed E-state index contributed by atoms with van der Waals surface area (Å²) in [5, 5.41) is 0. The lowest BCUT2D eigenvalue weighted by Gasteiger charge is -2.45. The zero-order valence-corrected chi connectivity index (χ0v) is 13.0. The van der Waals surface area contributed by atoms with Crippen LogP contribution in [-0.4, -0.2) is 55.6 Å². The van der Waals surface area contributed by atoms with E-state index in [4.69, 9.17) is 9.47 Å². The molecule has 3 unspecified atom stereocenters. The largest absolute Gasteiger partial charge is 0.381 e. The molecule has 3 atom stereocenters. The van der Waals surface area contributed by atoms with Crippen molar-refractivity contribution in [3.05, 3.63) is 0 Å². The Labute approximate surface area is 121 Å². The highest BCUT2D eigenvalue weighted by Gasteiger charge is 2.59. The number of nitrogens with zero attached hydrogens (tertiary/aromatic N) is 1. The number of rotatable bonds is 4. The summed E-state index contributed by atoms with van der Waals surface area (Å²) in [6.07, 6.45) is 2.25. The molecule has 3 fully saturated rings. The minimum Gasteiger partial charge on any atom is -0.381 e. The number of hydrogen-bond donors (Lipinski definition) is 0. The maximum Gasteiger partial charge on any atom is 0.120 e. The summed E-state index contributed by atoms with van der Waals surface area (Å²) in [5.74, 6) is 0.528. The molecular formula is C16H28FNO2. The smallest absolute Gasteiger partial charge is 0.120 e. The van der Waals surface area contributed by atoms with E-state index in [2.05, 4.69) is 25.7 Å². The Hall–Kier alpha value is -0.190. The second-order valence-corrected chi connectivity index (χ2v) is 7.81. The molecular weight excluding hydrogens is 257 g/mol. The van der Waals surface area contributed by atoms with Crippen LogP contribution in [0.5, 0.6) is 0 Å². The van der Waals surface area contributed by atoms with Crippen molar-refractivity contribution in [1.29, 1.82) is 0 Å². The van der Waals surface area contributed by atoms with E-state index in [9.17, 15) is 4.39 Å². The molecule has 0 radical (unpaired) electrons. The molecule has 3 heterocycles. The Morgan fingerprint density at radius 3 is 2.65 bits per heavy atom. The fraction of sp³-hybridized carbons (Fsp3) is 1.00. The normalized spacial score (nSPS) is 39.0. The van der Waals surface area contributed by atoms with Crippen LogP contribution >= 0.6 is 0 Å². The van der Waals surface area contributed by atoms with Crippen molar-refractivity contribution in [2.75, 3.05) is 33.0 Å². The summed E-state index contributed by atoms with van der Waals surface area (Å²) in [5.41, 5.74) is 0.171. The van der Waals surface area contributed by atoms with E-state index in [-0.39, 0.29) is 17.0 Å². The van der Waals surface area contributed by atoms with Gasteiger partial charge in [0.25, 0.3) is 0 Å². The third-order valence-electron chi connectivity index (χ3n) is 5.64. The predicted molar refractivity (Wildman–Crippen MR) is 76.6 cm³/mol. The monoisotopic (exact) mass is 285 g/mol. The first-order valence-electron chi connectivity index (χ1n) is 8.00. The molecule has 0 bridgehead atoms. The van der Waals surface area contributed by atoms with Crippen molar-refractivity contribution in [3.63, 3.8) is 0 Å². The molecule has 3 aliphatic heterocycles. The SMILES string of the molecule is CC(C)(C)C12CCCN1C(COCC1COC1)C(F)C2. The van der Waals surface area contributed by atoms with Gasteiger partial charge in [0, 0.05) is 11.5 Å². The Kier molecular flexibility index (Phi) is 3.85. The van der Waals surface area contributed by atoms with Gasteiger partial charge >= 0.3 is 0 Å². The molecule has 0 aromatic heterocycles. The quantitative estimate of drug-likeness (QED) is 0.792. The molecule has 0 aromatic carbocycles. The number of alkyl halides is 1. The van der Waals surface area contributed by atoms with Crippen molar-refractivity contribution in [1.82, 2.24) is 4.90 Å². The Bertz CT molecular complexity index is 353. The highest BCUT2D eigenvalue weighted by atomic mass is 19.1. The zero-order valence-electron chi connectivity index (χ0n) is 13.0.